The lowest BCUT2D eigenvalue weighted by Crippen LogP contribution is -1.98. The van der Waals surface area contributed by atoms with Crippen LogP contribution in [0.25, 0.3) is 0 Å². The topological polar surface area (TPSA) is 33.1 Å². The molecule has 2 aromatic heterocycles. The van der Waals surface area contributed by atoms with Gasteiger partial charge in [-0.25, -0.2) is 0 Å². The van der Waals surface area contributed by atoms with E-state index in [9.17, 15) is 5.11 Å². The molecule has 0 aliphatic heterocycles. The van der Waals surface area contributed by atoms with Crippen molar-refractivity contribution in [2.75, 3.05) is 0 Å². The molecule has 2 nitrogen and oxygen atoms in total. The van der Waals surface area contributed by atoms with Crippen molar-refractivity contribution in [2.24, 2.45) is 0 Å². The number of aliphatic hydroxyl groups is 1. The Balaban J connectivity index is 2.32. The molecular weight excluding hydrogens is 274 g/mol. The van der Waals surface area contributed by atoms with Crippen LogP contribution in [-0.2, 0) is 0 Å². The lowest BCUT2D eigenvalue weighted by atomic mass is 10.1. The molecule has 1 N–H and O–H groups in total. The van der Waals surface area contributed by atoms with Crippen LogP contribution >= 0.6 is 27.3 Å². The molecule has 0 saturated heterocycles. The number of aliphatic hydroxyl groups excluding tert-OH is 1. The first-order chi connectivity index (χ1) is 7.16. The fourth-order valence-electron chi connectivity index (χ4n) is 1.39. The van der Waals surface area contributed by atoms with Gasteiger partial charge in [-0.1, -0.05) is 6.07 Å². The number of hydrogen-bond acceptors (Lipinski definition) is 3. The number of hydrogen-bond donors (Lipinski definition) is 1. The summed E-state index contributed by atoms with van der Waals surface area (Å²) in [6.07, 6.45) is 2.89. The van der Waals surface area contributed by atoms with E-state index in [0.717, 1.165) is 20.5 Å². The molecular formula is C11H10BrNOS. The van der Waals surface area contributed by atoms with Gasteiger partial charge in [0, 0.05) is 18.0 Å². The van der Waals surface area contributed by atoms with E-state index in [1.54, 1.807) is 23.7 Å². The molecule has 0 spiro atoms. The summed E-state index contributed by atoms with van der Waals surface area (Å²) in [5.74, 6) is 0. The first-order valence-electron chi connectivity index (χ1n) is 4.50. The van der Waals surface area contributed by atoms with Gasteiger partial charge in [0.1, 0.15) is 6.10 Å². The van der Waals surface area contributed by atoms with Crippen molar-refractivity contribution >= 4 is 27.3 Å². The lowest BCUT2D eigenvalue weighted by Gasteiger charge is -2.08. The summed E-state index contributed by atoms with van der Waals surface area (Å²) in [5, 5.41) is 12.0. The number of nitrogens with zero attached hydrogens (tertiary/aromatic N) is 1. The Morgan fingerprint density at radius 3 is 2.73 bits per heavy atom. The van der Waals surface area contributed by atoms with E-state index >= 15 is 0 Å². The first-order valence-corrected chi connectivity index (χ1v) is 6.17. The van der Waals surface area contributed by atoms with E-state index in [4.69, 9.17) is 0 Å². The number of aromatic nitrogens is 1. The molecule has 15 heavy (non-hydrogen) atoms. The van der Waals surface area contributed by atoms with Crippen LogP contribution in [0.4, 0.5) is 0 Å². The quantitative estimate of drug-likeness (QED) is 0.918. The lowest BCUT2D eigenvalue weighted by molar-refractivity contribution is 0.220. The third-order valence-electron chi connectivity index (χ3n) is 2.12. The summed E-state index contributed by atoms with van der Waals surface area (Å²) in [5.41, 5.74) is 2.79. The number of aryl methyl sites for hydroxylation is 1. The summed E-state index contributed by atoms with van der Waals surface area (Å²) in [6.45, 7) is 1.97. The molecule has 2 heterocycles. The molecule has 1 atom stereocenters. The van der Waals surface area contributed by atoms with Gasteiger partial charge in [-0.15, -0.1) is 11.3 Å². The molecule has 0 aliphatic carbocycles. The molecule has 2 rings (SSSR count). The van der Waals surface area contributed by atoms with E-state index in [1.807, 2.05) is 24.4 Å². The van der Waals surface area contributed by atoms with Crippen LogP contribution in [0, 0.1) is 6.92 Å². The largest absolute Gasteiger partial charge is 0.384 e. The molecule has 0 amide bonds. The van der Waals surface area contributed by atoms with Crippen LogP contribution < -0.4 is 0 Å². The van der Waals surface area contributed by atoms with Gasteiger partial charge in [0.05, 0.1) is 3.79 Å². The second kappa shape index (κ2) is 4.43. The van der Waals surface area contributed by atoms with Crippen molar-refractivity contribution in [1.29, 1.82) is 0 Å². The summed E-state index contributed by atoms with van der Waals surface area (Å²) in [6, 6.07) is 3.88. The molecule has 0 fully saturated rings. The fraction of sp³-hybridized carbons (Fsp3) is 0.182. The zero-order valence-electron chi connectivity index (χ0n) is 8.14. The maximum atomic E-state index is 10.1. The minimum absolute atomic E-state index is 0.583. The number of thiophene rings is 1. The van der Waals surface area contributed by atoms with Crippen LogP contribution in [-0.4, -0.2) is 10.1 Å². The van der Waals surface area contributed by atoms with E-state index in [-0.39, 0.29) is 0 Å². The molecule has 0 radical (unpaired) electrons. The van der Waals surface area contributed by atoms with Crippen LogP contribution in [0.3, 0.4) is 0 Å². The van der Waals surface area contributed by atoms with Crippen LogP contribution in [0.5, 0.6) is 0 Å². The van der Waals surface area contributed by atoms with E-state index in [1.165, 1.54) is 0 Å². The van der Waals surface area contributed by atoms with Gasteiger partial charge in [0.2, 0.25) is 0 Å². The number of halogens is 1. The average molecular weight is 284 g/mol. The third-order valence-corrected chi connectivity index (χ3v) is 3.64. The average Bonchev–Trinajstić information content (AvgIpc) is 2.64. The fourth-order valence-corrected chi connectivity index (χ4v) is 2.58. The van der Waals surface area contributed by atoms with Crippen molar-refractivity contribution in [2.45, 2.75) is 13.0 Å². The maximum Gasteiger partial charge on any atom is 0.106 e. The van der Waals surface area contributed by atoms with Gasteiger partial charge >= 0.3 is 0 Å². The van der Waals surface area contributed by atoms with Crippen molar-refractivity contribution in [1.82, 2.24) is 4.98 Å². The van der Waals surface area contributed by atoms with Crippen molar-refractivity contribution in [3.63, 3.8) is 0 Å². The van der Waals surface area contributed by atoms with Gasteiger partial charge in [-0.05, 0) is 45.4 Å². The van der Waals surface area contributed by atoms with Gasteiger partial charge in [0.15, 0.2) is 0 Å². The predicted octanol–water partition coefficient (Wildman–Crippen LogP) is 3.30. The summed E-state index contributed by atoms with van der Waals surface area (Å²) >= 11 is 4.95. The molecule has 0 bridgehead atoms. The maximum absolute atomic E-state index is 10.1. The van der Waals surface area contributed by atoms with Crippen LogP contribution in [0.15, 0.2) is 33.7 Å². The van der Waals surface area contributed by atoms with Gasteiger partial charge in [-0.3, -0.25) is 4.98 Å². The smallest absolute Gasteiger partial charge is 0.106 e. The minimum Gasteiger partial charge on any atom is -0.384 e. The van der Waals surface area contributed by atoms with Gasteiger partial charge in [0.25, 0.3) is 0 Å². The second-order valence-electron chi connectivity index (χ2n) is 3.38. The Bertz CT molecular complexity index is 469. The second-order valence-corrected chi connectivity index (χ2v) is 5.67. The molecule has 4 heteroatoms. The number of pyridine rings is 1. The molecule has 0 aliphatic rings. The summed E-state index contributed by atoms with van der Waals surface area (Å²) in [4.78, 5) is 4.07. The molecule has 2 aromatic rings. The highest BCUT2D eigenvalue weighted by molar-refractivity contribution is 9.11. The molecule has 0 aromatic carbocycles. The van der Waals surface area contributed by atoms with Crippen molar-refractivity contribution < 1.29 is 5.11 Å². The normalized spacial score (nSPS) is 12.7. The van der Waals surface area contributed by atoms with Crippen LogP contribution in [0.2, 0.25) is 0 Å². The Hall–Kier alpha value is -0.710. The van der Waals surface area contributed by atoms with Crippen LogP contribution in [0.1, 0.15) is 22.8 Å². The van der Waals surface area contributed by atoms with E-state index in [0.29, 0.717) is 0 Å². The predicted molar refractivity (Wildman–Crippen MR) is 65.1 cm³/mol. The zero-order chi connectivity index (χ0) is 10.8. The highest BCUT2D eigenvalue weighted by Crippen LogP contribution is 2.29. The summed E-state index contributed by atoms with van der Waals surface area (Å²) in [7, 11) is 0. The van der Waals surface area contributed by atoms with Crippen molar-refractivity contribution in [3.8, 4) is 0 Å². The Morgan fingerprint density at radius 1 is 1.33 bits per heavy atom. The monoisotopic (exact) mass is 283 g/mol. The first kappa shape index (κ1) is 10.8. The molecule has 0 saturated carbocycles. The van der Waals surface area contributed by atoms with E-state index < -0.39 is 6.10 Å². The Morgan fingerprint density at radius 2 is 2.13 bits per heavy atom. The highest BCUT2D eigenvalue weighted by atomic mass is 79.9. The SMILES string of the molecule is Cc1cncc(C(O)c2csc(Br)c2)c1. The Labute approximate surface area is 101 Å². The zero-order valence-corrected chi connectivity index (χ0v) is 10.5. The minimum atomic E-state index is -0.583. The standard InChI is InChI=1S/C11H10BrNOS/c1-7-2-8(5-13-4-7)11(14)9-3-10(12)15-6-9/h2-6,11,14H,1H3. The van der Waals surface area contributed by atoms with Gasteiger partial charge in [-0.2, -0.15) is 0 Å². The molecule has 78 valence electrons. The highest BCUT2D eigenvalue weighted by Gasteiger charge is 2.12. The third kappa shape index (κ3) is 2.45. The van der Waals surface area contributed by atoms with Gasteiger partial charge < -0.3 is 5.11 Å². The number of rotatable bonds is 2. The molecule has 1 unspecified atom stereocenters. The Kier molecular flexibility index (Phi) is 3.19. The summed E-state index contributed by atoms with van der Waals surface area (Å²) < 4.78 is 1.03. The van der Waals surface area contributed by atoms with Crippen molar-refractivity contribution in [3.05, 3.63) is 50.4 Å². The van der Waals surface area contributed by atoms with E-state index in [2.05, 4.69) is 20.9 Å².